The Morgan fingerprint density at radius 3 is 2.35 bits per heavy atom. The molecule has 0 aliphatic heterocycles. The van der Waals surface area contributed by atoms with Gasteiger partial charge in [0.15, 0.2) is 5.78 Å². The maximum Gasteiger partial charge on any atom is 0.167 e. The lowest BCUT2D eigenvalue weighted by Gasteiger charge is -2.30. The van der Waals surface area contributed by atoms with Crippen LogP contribution in [-0.4, -0.2) is 5.78 Å². The van der Waals surface area contributed by atoms with Crippen LogP contribution in [-0.2, 0) is 6.42 Å². The van der Waals surface area contributed by atoms with Gasteiger partial charge in [-0.25, -0.2) is 0 Å². The summed E-state index contributed by atoms with van der Waals surface area (Å²) < 4.78 is 0. The van der Waals surface area contributed by atoms with Gasteiger partial charge in [0, 0.05) is 21.6 Å². The smallest absolute Gasteiger partial charge is 0.167 e. The van der Waals surface area contributed by atoms with E-state index in [1.165, 1.54) is 21.6 Å². The first-order valence-corrected chi connectivity index (χ1v) is 10.0. The number of carbonyl (C=O) groups excluding carboxylic acids is 1. The number of benzene rings is 3. The molecular formula is C24H22OS. The second-order valence-electron chi connectivity index (χ2n) is 6.93. The Morgan fingerprint density at radius 2 is 1.58 bits per heavy atom. The molecule has 26 heavy (non-hydrogen) atoms. The van der Waals surface area contributed by atoms with Crippen molar-refractivity contribution in [3.05, 3.63) is 101 Å². The number of Topliss-reactive ketones (excluding diaryl/α,β-unsaturated/α-hetero) is 1. The minimum atomic E-state index is 0.0126. The van der Waals surface area contributed by atoms with Gasteiger partial charge in [0.2, 0.25) is 0 Å². The second kappa shape index (κ2) is 7.51. The zero-order chi connectivity index (χ0) is 17.9. The molecule has 130 valence electrons. The van der Waals surface area contributed by atoms with Crippen molar-refractivity contribution in [2.75, 3.05) is 0 Å². The minimum Gasteiger partial charge on any atom is -0.294 e. The third-order valence-corrected chi connectivity index (χ3v) is 6.52. The molecule has 0 aromatic heterocycles. The summed E-state index contributed by atoms with van der Waals surface area (Å²) >= 11 is 1.81. The fourth-order valence-electron chi connectivity index (χ4n) is 3.70. The van der Waals surface area contributed by atoms with Gasteiger partial charge in [-0.15, -0.1) is 11.8 Å². The van der Waals surface area contributed by atoms with Crippen molar-refractivity contribution >= 4 is 17.5 Å². The number of aryl methyl sites for hydroxylation is 2. The fourth-order valence-corrected chi connectivity index (χ4v) is 5.00. The number of hydrogen-bond donors (Lipinski definition) is 0. The van der Waals surface area contributed by atoms with E-state index in [1.54, 1.807) is 0 Å². The van der Waals surface area contributed by atoms with Crippen molar-refractivity contribution in [3.63, 3.8) is 0 Å². The lowest BCUT2D eigenvalue weighted by molar-refractivity contribution is 0.0899. The van der Waals surface area contributed by atoms with Crippen LogP contribution >= 0.6 is 11.8 Å². The Kier molecular flexibility index (Phi) is 4.94. The summed E-state index contributed by atoms with van der Waals surface area (Å²) in [6.45, 7) is 2.10. The van der Waals surface area contributed by atoms with E-state index >= 15 is 0 Å². The molecule has 2 unspecified atom stereocenters. The topological polar surface area (TPSA) is 17.1 Å². The van der Waals surface area contributed by atoms with Gasteiger partial charge in [0.25, 0.3) is 0 Å². The molecule has 0 spiro atoms. The molecule has 0 heterocycles. The zero-order valence-electron chi connectivity index (χ0n) is 14.9. The van der Waals surface area contributed by atoms with E-state index in [9.17, 15) is 4.79 Å². The van der Waals surface area contributed by atoms with Crippen LogP contribution < -0.4 is 0 Å². The van der Waals surface area contributed by atoms with E-state index in [0.29, 0.717) is 5.78 Å². The summed E-state index contributed by atoms with van der Waals surface area (Å²) in [6, 6.07) is 27.2. The molecule has 0 N–H and O–H groups in total. The summed E-state index contributed by atoms with van der Waals surface area (Å²) in [5.41, 5.74) is 4.60. The third kappa shape index (κ3) is 3.47. The van der Waals surface area contributed by atoms with E-state index in [1.807, 2.05) is 36.0 Å². The van der Waals surface area contributed by atoms with Crippen LogP contribution in [0.5, 0.6) is 0 Å². The molecular weight excluding hydrogens is 336 g/mol. The SMILES string of the molecule is Cc1ccc(SC(c2ccccc2)C2CCc3ccccc3C2=O)cc1. The van der Waals surface area contributed by atoms with E-state index in [-0.39, 0.29) is 11.2 Å². The molecule has 3 aromatic carbocycles. The third-order valence-electron chi connectivity index (χ3n) is 5.12. The van der Waals surface area contributed by atoms with Crippen LogP contribution in [0.15, 0.2) is 83.8 Å². The first-order valence-electron chi connectivity index (χ1n) is 9.13. The Labute approximate surface area is 159 Å². The molecule has 0 radical (unpaired) electrons. The van der Waals surface area contributed by atoms with Crippen molar-refractivity contribution in [1.82, 2.24) is 0 Å². The summed E-state index contributed by atoms with van der Waals surface area (Å²) in [5, 5.41) is 0.139. The highest BCUT2D eigenvalue weighted by molar-refractivity contribution is 7.99. The van der Waals surface area contributed by atoms with Crippen LogP contribution in [0, 0.1) is 12.8 Å². The van der Waals surface area contributed by atoms with E-state index in [4.69, 9.17) is 0 Å². The predicted molar refractivity (Wildman–Crippen MR) is 109 cm³/mol. The largest absolute Gasteiger partial charge is 0.294 e. The summed E-state index contributed by atoms with van der Waals surface area (Å²) in [7, 11) is 0. The summed E-state index contributed by atoms with van der Waals surface area (Å²) in [5.74, 6) is 0.305. The lowest BCUT2D eigenvalue weighted by atomic mass is 9.79. The highest BCUT2D eigenvalue weighted by Gasteiger charge is 2.34. The predicted octanol–water partition coefficient (Wildman–Crippen LogP) is 6.27. The highest BCUT2D eigenvalue weighted by atomic mass is 32.2. The molecule has 0 bridgehead atoms. The van der Waals surface area contributed by atoms with Gasteiger partial charge in [-0.05, 0) is 43.0 Å². The monoisotopic (exact) mass is 358 g/mol. The van der Waals surface area contributed by atoms with Gasteiger partial charge >= 0.3 is 0 Å². The molecule has 2 atom stereocenters. The second-order valence-corrected chi connectivity index (χ2v) is 8.14. The average molecular weight is 359 g/mol. The molecule has 4 rings (SSSR count). The van der Waals surface area contributed by atoms with Gasteiger partial charge < -0.3 is 0 Å². The summed E-state index contributed by atoms with van der Waals surface area (Å²) in [6.07, 6.45) is 1.89. The quantitative estimate of drug-likeness (QED) is 0.511. The van der Waals surface area contributed by atoms with Gasteiger partial charge in [0.1, 0.15) is 0 Å². The molecule has 1 nitrogen and oxygen atoms in total. The standard InChI is InChI=1S/C24H22OS/c1-17-11-14-20(15-12-17)26-24(19-8-3-2-4-9-19)22-16-13-18-7-5-6-10-21(18)23(22)25/h2-12,14-15,22,24H,13,16H2,1H3. The zero-order valence-corrected chi connectivity index (χ0v) is 15.7. The molecule has 0 fully saturated rings. The maximum absolute atomic E-state index is 13.3. The van der Waals surface area contributed by atoms with Crippen LogP contribution in [0.3, 0.4) is 0 Å². The molecule has 1 aliphatic rings. The van der Waals surface area contributed by atoms with Gasteiger partial charge in [0.05, 0.1) is 0 Å². The van der Waals surface area contributed by atoms with Gasteiger partial charge in [-0.3, -0.25) is 4.79 Å². The van der Waals surface area contributed by atoms with Crippen molar-refractivity contribution < 1.29 is 4.79 Å². The summed E-state index contributed by atoms with van der Waals surface area (Å²) in [4.78, 5) is 14.5. The number of carbonyl (C=O) groups is 1. The molecule has 0 saturated carbocycles. The minimum absolute atomic E-state index is 0.0126. The molecule has 3 aromatic rings. The molecule has 0 saturated heterocycles. The maximum atomic E-state index is 13.3. The Bertz CT molecular complexity index is 899. The van der Waals surface area contributed by atoms with Crippen molar-refractivity contribution in [1.29, 1.82) is 0 Å². The van der Waals surface area contributed by atoms with Crippen LogP contribution in [0.2, 0.25) is 0 Å². The number of rotatable bonds is 4. The van der Waals surface area contributed by atoms with Crippen molar-refractivity contribution in [2.45, 2.75) is 29.9 Å². The van der Waals surface area contributed by atoms with Crippen molar-refractivity contribution in [2.24, 2.45) is 5.92 Å². The molecule has 1 aliphatic carbocycles. The van der Waals surface area contributed by atoms with Crippen molar-refractivity contribution in [3.8, 4) is 0 Å². The first-order chi connectivity index (χ1) is 12.7. The normalized spacial score (nSPS) is 17.6. The Balaban J connectivity index is 1.69. The number of ketones is 1. The van der Waals surface area contributed by atoms with E-state index in [2.05, 4.69) is 61.5 Å². The Morgan fingerprint density at radius 1 is 0.885 bits per heavy atom. The van der Waals surface area contributed by atoms with Crippen LogP contribution in [0.1, 0.15) is 38.7 Å². The number of hydrogen-bond acceptors (Lipinski definition) is 2. The van der Waals surface area contributed by atoms with E-state index in [0.717, 1.165) is 18.4 Å². The van der Waals surface area contributed by atoms with Gasteiger partial charge in [-0.2, -0.15) is 0 Å². The van der Waals surface area contributed by atoms with E-state index < -0.39 is 0 Å². The lowest BCUT2D eigenvalue weighted by Crippen LogP contribution is -2.27. The van der Waals surface area contributed by atoms with Crippen LogP contribution in [0.4, 0.5) is 0 Å². The molecule has 2 heteroatoms. The Hall–Kier alpha value is -2.32. The first kappa shape index (κ1) is 17.1. The van der Waals surface area contributed by atoms with Crippen LogP contribution in [0.25, 0.3) is 0 Å². The average Bonchev–Trinajstić information content (AvgIpc) is 2.69. The molecule has 0 amide bonds. The fraction of sp³-hybridized carbons (Fsp3) is 0.208. The van der Waals surface area contributed by atoms with Gasteiger partial charge in [-0.1, -0.05) is 72.3 Å². The highest BCUT2D eigenvalue weighted by Crippen LogP contribution is 2.45. The number of thioether (sulfide) groups is 1. The number of fused-ring (bicyclic) bond motifs is 1.